The SMILES string of the molecule is c1ccc(-c2c3ccccc3c(-c3ccc4oc5ccc(-c6ccc7c(-c8ccc(-c9ccc%10ccccc%10c9)cc8)c8ccccc8c(-c8ccc9oc%10ccccc%10c9c8)c7c6)cc5c4c3)c3ccccc23)cc1. The van der Waals surface area contributed by atoms with Gasteiger partial charge >= 0.3 is 0 Å². The van der Waals surface area contributed by atoms with Gasteiger partial charge in [0, 0.05) is 21.5 Å². The van der Waals surface area contributed by atoms with Gasteiger partial charge in [-0.25, -0.2) is 0 Å². The molecule has 0 atom stereocenters. The molecule has 76 heavy (non-hydrogen) atoms. The molecule has 2 aromatic heterocycles. The minimum atomic E-state index is 0.868. The minimum absolute atomic E-state index is 0.868. The third-order valence-electron chi connectivity index (χ3n) is 16.0. The molecule has 0 amide bonds. The van der Waals surface area contributed by atoms with Gasteiger partial charge in [0.15, 0.2) is 0 Å². The number of para-hydroxylation sites is 1. The summed E-state index contributed by atoms with van der Waals surface area (Å²) < 4.78 is 13.0. The van der Waals surface area contributed by atoms with Crippen molar-refractivity contribution in [1.82, 2.24) is 0 Å². The van der Waals surface area contributed by atoms with E-state index in [9.17, 15) is 0 Å². The van der Waals surface area contributed by atoms with Gasteiger partial charge in [0.25, 0.3) is 0 Å². The van der Waals surface area contributed by atoms with E-state index < -0.39 is 0 Å². The summed E-state index contributed by atoms with van der Waals surface area (Å²) in [6, 6.07) is 97.5. The lowest BCUT2D eigenvalue weighted by molar-refractivity contribution is 0.668. The van der Waals surface area contributed by atoms with Crippen LogP contribution in [-0.4, -0.2) is 0 Å². The summed E-state index contributed by atoms with van der Waals surface area (Å²) in [5.74, 6) is 0. The van der Waals surface area contributed by atoms with Crippen molar-refractivity contribution in [3.05, 3.63) is 267 Å². The predicted molar refractivity (Wildman–Crippen MR) is 321 cm³/mol. The number of hydrogen-bond donors (Lipinski definition) is 0. The summed E-state index contributed by atoms with van der Waals surface area (Å²) in [5.41, 5.74) is 17.8. The maximum absolute atomic E-state index is 6.65. The monoisotopic (exact) mass is 964 g/mol. The van der Waals surface area contributed by atoms with E-state index in [0.29, 0.717) is 0 Å². The Morgan fingerprint density at radius 2 is 0.487 bits per heavy atom. The Balaban J connectivity index is 0.891. The highest BCUT2D eigenvalue weighted by molar-refractivity contribution is 6.24. The molecule has 0 aliphatic rings. The highest BCUT2D eigenvalue weighted by Crippen LogP contribution is 2.48. The first kappa shape index (κ1) is 42.5. The van der Waals surface area contributed by atoms with Gasteiger partial charge in [-0.2, -0.15) is 0 Å². The molecule has 0 radical (unpaired) electrons. The first-order valence-corrected chi connectivity index (χ1v) is 26.1. The Morgan fingerprint density at radius 1 is 0.158 bits per heavy atom. The normalized spacial score (nSPS) is 11.9. The Morgan fingerprint density at radius 3 is 1.07 bits per heavy atom. The van der Waals surface area contributed by atoms with Crippen LogP contribution in [0.15, 0.2) is 276 Å². The number of benzene rings is 14. The molecule has 0 aliphatic carbocycles. The van der Waals surface area contributed by atoms with Gasteiger partial charge in [-0.15, -0.1) is 0 Å². The molecule has 0 saturated carbocycles. The lowest BCUT2D eigenvalue weighted by Crippen LogP contribution is -1.92. The molecule has 14 aromatic carbocycles. The van der Waals surface area contributed by atoms with Crippen LogP contribution in [0, 0.1) is 0 Å². The molecule has 0 bridgehead atoms. The van der Waals surface area contributed by atoms with Crippen molar-refractivity contribution in [3.8, 4) is 66.8 Å². The van der Waals surface area contributed by atoms with E-state index in [-0.39, 0.29) is 0 Å². The van der Waals surface area contributed by atoms with Crippen molar-refractivity contribution in [2.75, 3.05) is 0 Å². The fourth-order valence-electron chi connectivity index (χ4n) is 12.5. The zero-order chi connectivity index (χ0) is 49.8. The second kappa shape index (κ2) is 16.8. The van der Waals surface area contributed by atoms with E-state index in [1.54, 1.807) is 0 Å². The van der Waals surface area contributed by atoms with Crippen molar-refractivity contribution in [3.63, 3.8) is 0 Å². The maximum atomic E-state index is 6.65. The Kier molecular flexibility index (Phi) is 9.37. The number of furan rings is 2. The minimum Gasteiger partial charge on any atom is -0.456 e. The lowest BCUT2D eigenvalue weighted by atomic mass is 9.84. The van der Waals surface area contributed by atoms with Crippen LogP contribution in [0.4, 0.5) is 0 Å². The number of rotatable bonds is 6. The van der Waals surface area contributed by atoms with Crippen LogP contribution in [0.2, 0.25) is 0 Å². The van der Waals surface area contributed by atoms with Gasteiger partial charge < -0.3 is 8.83 Å². The summed E-state index contributed by atoms with van der Waals surface area (Å²) in [6.45, 7) is 0. The molecule has 0 unspecified atom stereocenters. The van der Waals surface area contributed by atoms with Gasteiger partial charge in [0.05, 0.1) is 0 Å². The third kappa shape index (κ3) is 6.61. The van der Waals surface area contributed by atoms with E-state index in [4.69, 9.17) is 8.83 Å². The molecule has 2 nitrogen and oxygen atoms in total. The van der Waals surface area contributed by atoms with E-state index >= 15 is 0 Å². The van der Waals surface area contributed by atoms with Crippen molar-refractivity contribution < 1.29 is 8.83 Å². The van der Waals surface area contributed by atoms with Crippen LogP contribution in [-0.2, 0) is 0 Å². The first-order valence-electron chi connectivity index (χ1n) is 26.1. The fourth-order valence-corrected chi connectivity index (χ4v) is 12.5. The number of fused-ring (bicyclic) bond motifs is 11. The number of hydrogen-bond acceptors (Lipinski definition) is 2. The maximum Gasteiger partial charge on any atom is 0.135 e. The molecule has 16 rings (SSSR count). The van der Waals surface area contributed by atoms with Crippen LogP contribution >= 0.6 is 0 Å². The van der Waals surface area contributed by atoms with E-state index in [1.807, 2.05) is 6.07 Å². The zero-order valence-electron chi connectivity index (χ0n) is 41.2. The molecular formula is C74H44O2. The summed E-state index contributed by atoms with van der Waals surface area (Å²) in [5, 5.41) is 16.6. The standard InChI is InChI=1S/C74H44O2/c1-2-15-47(16-3-1)71-56-19-6-9-22-59(56)73(60-23-10-7-20-57(60)71)53-34-39-70-65(44-53)64-41-52(33-37-69(64)76-70)51-32-36-62-66(42-51)74(54-35-38-68-63(43-54)55-18-12-13-25-67(55)75-68)61-24-11-8-21-58(61)72(62)48-29-26-46(27-30-48)50-31-28-45-14-4-5-17-49(45)40-50/h1-44H. The Labute approximate surface area is 437 Å². The van der Waals surface area contributed by atoms with Crippen LogP contribution in [0.5, 0.6) is 0 Å². The van der Waals surface area contributed by atoms with Crippen LogP contribution in [0.3, 0.4) is 0 Å². The average Bonchev–Trinajstić information content (AvgIpc) is 4.09. The molecule has 0 aliphatic heterocycles. The lowest BCUT2D eigenvalue weighted by Gasteiger charge is -2.19. The smallest absolute Gasteiger partial charge is 0.135 e. The van der Waals surface area contributed by atoms with Crippen molar-refractivity contribution in [2.24, 2.45) is 0 Å². The molecule has 2 heterocycles. The Bertz CT molecular complexity index is 4980. The van der Waals surface area contributed by atoms with E-state index in [1.165, 1.54) is 98.4 Å². The van der Waals surface area contributed by atoms with Gasteiger partial charge in [-0.1, -0.05) is 212 Å². The molecule has 0 spiro atoms. The summed E-state index contributed by atoms with van der Waals surface area (Å²) in [7, 11) is 0. The summed E-state index contributed by atoms with van der Waals surface area (Å²) in [4.78, 5) is 0. The quantitative estimate of drug-likeness (QED) is 0.155. The van der Waals surface area contributed by atoms with Crippen LogP contribution in [0.1, 0.15) is 0 Å². The van der Waals surface area contributed by atoms with Gasteiger partial charge in [0.2, 0.25) is 0 Å². The van der Waals surface area contributed by atoms with E-state index in [0.717, 1.165) is 66.1 Å². The predicted octanol–water partition coefficient (Wildman–Crippen LogP) is 21.3. The van der Waals surface area contributed by atoms with Crippen LogP contribution < -0.4 is 0 Å². The second-order valence-electron chi connectivity index (χ2n) is 20.2. The highest BCUT2D eigenvalue weighted by atomic mass is 16.3. The largest absolute Gasteiger partial charge is 0.456 e. The average molecular weight is 965 g/mol. The molecular weight excluding hydrogens is 921 g/mol. The van der Waals surface area contributed by atoms with Crippen molar-refractivity contribution in [2.45, 2.75) is 0 Å². The van der Waals surface area contributed by atoms with Crippen molar-refractivity contribution >= 4 is 97.7 Å². The Hall–Kier alpha value is -10.0. The molecule has 2 heteroatoms. The molecule has 0 fully saturated rings. The molecule has 0 saturated heterocycles. The van der Waals surface area contributed by atoms with Gasteiger partial charge in [-0.3, -0.25) is 0 Å². The summed E-state index contributed by atoms with van der Waals surface area (Å²) in [6.07, 6.45) is 0. The van der Waals surface area contributed by atoms with Crippen LogP contribution in [0.25, 0.3) is 165 Å². The zero-order valence-corrected chi connectivity index (χ0v) is 41.2. The molecule has 0 N–H and O–H groups in total. The third-order valence-corrected chi connectivity index (χ3v) is 16.0. The van der Waals surface area contributed by atoms with Crippen molar-refractivity contribution in [1.29, 1.82) is 0 Å². The van der Waals surface area contributed by atoms with E-state index in [2.05, 4.69) is 261 Å². The fraction of sp³-hybridized carbons (Fsp3) is 0. The first-order chi connectivity index (χ1) is 37.7. The second-order valence-corrected chi connectivity index (χ2v) is 20.2. The van der Waals surface area contributed by atoms with Gasteiger partial charge in [0.1, 0.15) is 22.3 Å². The van der Waals surface area contributed by atoms with Gasteiger partial charge in [-0.05, 0) is 175 Å². The molecule has 352 valence electrons. The highest BCUT2D eigenvalue weighted by Gasteiger charge is 2.21. The summed E-state index contributed by atoms with van der Waals surface area (Å²) >= 11 is 0. The topological polar surface area (TPSA) is 26.3 Å². The molecule has 16 aromatic rings.